The second-order valence-electron chi connectivity index (χ2n) is 3.55. The normalized spacial score (nSPS) is 9.83. The van der Waals surface area contributed by atoms with Crippen molar-refractivity contribution >= 4 is 6.47 Å². The predicted octanol–water partition coefficient (Wildman–Crippen LogP) is 3.20. The third-order valence-corrected chi connectivity index (χ3v) is 2.26. The van der Waals surface area contributed by atoms with Crippen LogP contribution in [0.2, 0.25) is 0 Å². The summed E-state index contributed by atoms with van der Waals surface area (Å²) in [5.41, 5.74) is 0.630. The molecule has 0 unspecified atom stereocenters. The molecule has 91 valence electrons. The highest BCUT2D eigenvalue weighted by Gasteiger charge is 2.06. The first-order valence-electron chi connectivity index (χ1n) is 5.30. The Morgan fingerprint density at radius 1 is 1.11 bits per heavy atom. The topological polar surface area (TPSA) is 35.5 Å². The van der Waals surface area contributed by atoms with Crippen LogP contribution in [0.25, 0.3) is 0 Å². The molecule has 4 heteroatoms. The van der Waals surface area contributed by atoms with Crippen molar-refractivity contribution < 1.29 is 18.7 Å². The predicted molar refractivity (Wildman–Crippen MR) is 63.4 cm³/mol. The van der Waals surface area contributed by atoms with Gasteiger partial charge in [0.15, 0.2) is 11.6 Å². The molecule has 0 saturated carbocycles. The summed E-state index contributed by atoms with van der Waals surface area (Å²) in [7, 11) is 0. The van der Waals surface area contributed by atoms with Crippen molar-refractivity contribution in [3.05, 3.63) is 59.9 Å². The van der Waals surface area contributed by atoms with Gasteiger partial charge in [0.2, 0.25) is 0 Å². The molecule has 3 nitrogen and oxygen atoms in total. The monoisotopic (exact) mass is 245 g/mol. The summed E-state index contributed by atoms with van der Waals surface area (Å²) in [6.45, 7) is 1.35. The standard InChI is InChI=1S/C14H10FO3/c15-13-7-6-11(9-17-10-16)8-14(13)18-12-4-2-1-3-5-12/h1-8H,9H2. The second-order valence-corrected chi connectivity index (χ2v) is 3.55. The molecule has 0 bridgehead atoms. The molecule has 0 aromatic heterocycles. The third-order valence-electron chi connectivity index (χ3n) is 2.26. The number of halogens is 1. The van der Waals surface area contributed by atoms with Crippen molar-refractivity contribution in [2.45, 2.75) is 6.61 Å². The molecule has 0 aliphatic carbocycles. The van der Waals surface area contributed by atoms with E-state index in [2.05, 4.69) is 4.74 Å². The van der Waals surface area contributed by atoms with Crippen LogP contribution in [0.4, 0.5) is 4.39 Å². The average Bonchev–Trinajstić information content (AvgIpc) is 2.41. The number of benzene rings is 2. The molecule has 0 fully saturated rings. The van der Waals surface area contributed by atoms with E-state index in [4.69, 9.17) is 4.74 Å². The maximum atomic E-state index is 13.5. The highest BCUT2D eigenvalue weighted by molar-refractivity contribution is 5.39. The lowest BCUT2D eigenvalue weighted by Gasteiger charge is -2.08. The number of para-hydroxylation sites is 1. The molecule has 2 aromatic rings. The zero-order valence-corrected chi connectivity index (χ0v) is 9.43. The highest BCUT2D eigenvalue weighted by atomic mass is 19.1. The minimum absolute atomic E-state index is 0.0366. The second kappa shape index (κ2) is 5.82. The van der Waals surface area contributed by atoms with Crippen molar-refractivity contribution in [2.75, 3.05) is 0 Å². The van der Waals surface area contributed by atoms with Gasteiger partial charge in [-0.2, -0.15) is 0 Å². The Kier molecular flexibility index (Phi) is 3.91. The Morgan fingerprint density at radius 2 is 1.89 bits per heavy atom. The summed E-state index contributed by atoms with van der Waals surface area (Å²) in [6.07, 6.45) is 0. The van der Waals surface area contributed by atoms with Crippen LogP contribution in [0.5, 0.6) is 11.5 Å². The van der Waals surface area contributed by atoms with Gasteiger partial charge in [-0.3, -0.25) is 0 Å². The Labute approximate surface area is 104 Å². The van der Waals surface area contributed by atoms with Gasteiger partial charge >= 0.3 is 6.47 Å². The van der Waals surface area contributed by atoms with Gasteiger partial charge in [0.1, 0.15) is 12.4 Å². The number of rotatable bonds is 5. The molecular weight excluding hydrogens is 235 g/mol. The number of hydrogen-bond donors (Lipinski definition) is 0. The van der Waals surface area contributed by atoms with Crippen LogP contribution in [-0.4, -0.2) is 6.47 Å². The number of carbonyl (C=O) groups excluding carboxylic acids is 1. The fourth-order valence-corrected chi connectivity index (χ4v) is 1.44. The number of ether oxygens (including phenoxy) is 2. The molecule has 0 atom stereocenters. The van der Waals surface area contributed by atoms with Crippen molar-refractivity contribution in [1.29, 1.82) is 0 Å². The quantitative estimate of drug-likeness (QED) is 0.811. The molecule has 0 spiro atoms. The molecule has 0 amide bonds. The molecule has 2 aromatic carbocycles. The van der Waals surface area contributed by atoms with E-state index in [-0.39, 0.29) is 12.4 Å². The van der Waals surface area contributed by atoms with E-state index < -0.39 is 5.82 Å². The highest BCUT2D eigenvalue weighted by Crippen LogP contribution is 2.25. The summed E-state index contributed by atoms with van der Waals surface area (Å²) in [6, 6.07) is 13.1. The maximum absolute atomic E-state index is 13.5. The van der Waals surface area contributed by atoms with Crippen LogP contribution in [0.15, 0.2) is 48.5 Å². The van der Waals surface area contributed by atoms with Crippen molar-refractivity contribution in [2.24, 2.45) is 0 Å². The van der Waals surface area contributed by atoms with Crippen molar-refractivity contribution in [3.63, 3.8) is 0 Å². The van der Waals surface area contributed by atoms with E-state index in [1.807, 2.05) is 6.07 Å². The Hall–Kier alpha value is -2.36. The lowest BCUT2D eigenvalue weighted by molar-refractivity contribution is 0.266. The minimum Gasteiger partial charge on any atom is -0.454 e. The molecule has 2 rings (SSSR count). The van der Waals surface area contributed by atoms with E-state index in [0.717, 1.165) is 0 Å². The van der Waals surface area contributed by atoms with Crippen LogP contribution in [0, 0.1) is 5.82 Å². The largest absolute Gasteiger partial charge is 0.454 e. The van der Waals surface area contributed by atoms with Gasteiger partial charge in [-0.1, -0.05) is 24.3 Å². The van der Waals surface area contributed by atoms with Gasteiger partial charge in [-0.15, -0.1) is 0 Å². The van der Waals surface area contributed by atoms with E-state index in [1.165, 1.54) is 24.7 Å². The van der Waals surface area contributed by atoms with Gasteiger partial charge in [0.25, 0.3) is 0 Å². The molecular formula is C14H10FO3. The summed E-state index contributed by atoms with van der Waals surface area (Å²) >= 11 is 0. The zero-order valence-electron chi connectivity index (χ0n) is 9.43. The summed E-state index contributed by atoms with van der Waals surface area (Å²) < 4.78 is 23.4. The fourth-order valence-electron chi connectivity index (χ4n) is 1.44. The molecule has 0 aliphatic heterocycles. The van der Waals surface area contributed by atoms with E-state index in [1.54, 1.807) is 24.3 Å². The lowest BCUT2D eigenvalue weighted by atomic mass is 10.2. The van der Waals surface area contributed by atoms with Gasteiger partial charge in [-0.05, 0) is 29.8 Å². The van der Waals surface area contributed by atoms with Gasteiger partial charge in [0, 0.05) is 0 Å². The first-order valence-corrected chi connectivity index (χ1v) is 5.30. The van der Waals surface area contributed by atoms with E-state index >= 15 is 0 Å². The maximum Gasteiger partial charge on any atom is 0.417 e. The van der Waals surface area contributed by atoms with Crippen LogP contribution < -0.4 is 4.74 Å². The molecule has 0 saturated heterocycles. The average molecular weight is 245 g/mol. The SMILES string of the molecule is O=[C]OCc1ccc(F)c(Oc2ccccc2)c1. The Bertz CT molecular complexity index is 526. The van der Waals surface area contributed by atoms with Crippen LogP contribution in [0.1, 0.15) is 5.56 Å². The first kappa shape index (κ1) is 12.1. The third kappa shape index (κ3) is 3.07. The molecule has 1 radical (unpaired) electrons. The molecule has 18 heavy (non-hydrogen) atoms. The number of hydrogen-bond acceptors (Lipinski definition) is 3. The van der Waals surface area contributed by atoms with E-state index in [0.29, 0.717) is 11.3 Å². The lowest BCUT2D eigenvalue weighted by Crippen LogP contribution is -1.94. The Morgan fingerprint density at radius 3 is 2.61 bits per heavy atom. The fraction of sp³-hybridized carbons (Fsp3) is 0.0714. The van der Waals surface area contributed by atoms with Crippen molar-refractivity contribution in [1.82, 2.24) is 0 Å². The Balaban J connectivity index is 2.18. The smallest absolute Gasteiger partial charge is 0.417 e. The summed E-state index contributed by atoms with van der Waals surface area (Å²) in [4.78, 5) is 9.97. The van der Waals surface area contributed by atoms with Crippen LogP contribution in [-0.2, 0) is 16.1 Å². The molecule has 0 aliphatic rings. The first-order chi connectivity index (χ1) is 8.79. The molecule has 0 N–H and O–H groups in total. The van der Waals surface area contributed by atoms with Crippen LogP contribution in [0.3, 0.4) is 0 Å². The molecule has 0 heterocycles. The zero-order chi connectivity index (χ0) is 12.8. The summed E-state index contributed by atoms with van der Waals surface area (Å²) in [5.74, 6) is 0.155. The van der Waals surface area contributed by atoms with Crippen molar-refractivity contribution in [3.8, 4) is 11.5 Å². The van der Waals surface area contributed by atoms with E-state index in [9.17, 15) is 9.18 Å². The van der Waals surface area contributed by atoms with Crippen LogP contribution >= 0.6 is 0 Å². The van der Waals surface area contributed by atoms with Gasteiger partial charge in [-0.25, -0.2) is 9.18 Å². The summed E-state index contributed by atoms with van der Waals surface area (Å²) in [5, 5.41) is 0. The van der Waals surface area contributed by atoms with Gasteiger partial charge in [0.05, 0.1) is 0 Å². The minimum atomic E-state index is -0.474. The van der Waals surface area contributed by atoms with Gasteiger partial charge < -0.3 is 9.47 Å².